The SMILES string of the molecule is Oc1ccccc1C(c1ccc(F)c(F)c1)N1CCN(c2cnccn2)CC1. The van der Waals surface area contributed by atoms with Gasteiger partial charge in [-0.3, -0.25) is 9.88 Å². The Morgan fingerprint density at radius 1 is 0.929 bits per heavy atom. The van der Waals surface area contributed by atoms with Gasteiger partial charge in [-0.05, 0) is 23.8 Å². The van der Waals surface area contributed by atoms with Crippen LogP contribution in [-0.2, 0) is 0 Å². The molecule has 1 aromatic heterocycles. The minimum absolute atomic E-state index is 0.133. The number of phenolic OH excluding ortho intramolecular Hbond substituents is 1. The van der Waals surface area contributed by atoms with Gasteiger partial charge in [-0.25, -0.2) is 13.8 Å². The van der Waals surface area contributed by atoms with Crippen molar-refractivity contribution < 1.29 is 13.9 Å². The van der Waals surface area contributed by atoms with E-state index in [1.807, 2.05) is 12.1 Å². The first-order valence-electron chi connectivity index (χ1n) is 9.11. The van der Waals surface area contributed by atoms with Gasteiger partial charge in [0.05, 0.1) is 12.2 Å². The summed E-state index contributed by atoms with van der Waals surface area (Å²) >= 11 is 0. The molecule has 3 aromatic rings. The van der Waals surface area contributed by atoms with E-state index < -0.39 is 11.6 Å². The van der Waals surface area contributed by atoms with Crippen LogP contribution < -0.4 is 4.90 Å². The van der Waals surface area contributed by atoms with E-state index in [0.29, 0.717) is 37.3 Å². The van der Waals surface area contributed by atoms with Gasteiger partial charge < -0.3 is 10.0 Å². The van der Waals surface area contributed by atoms with E-state index in [-0.39, 0.29) is 11.8 Å². The fourth-order valence-electron chi connectivity index (χ4n) is 3.65. The molecule has 0 aliphatic carbocycles. The molecule has 7 heteroatoms. The van der Waals surface area contributed by atoms with Gasteiger partial charge in [-0.1, -0.05) is 24.3 Å². The number of anilines is 1. The predicted octanol–water partition coefficient (Wildman–Crippen LogP) is 3.37. The highest BCUT2D eigenvalue weighted by Crippen LogP contribution is 2.35. The topological polar surface area (TPSA) is 52.5 Å². The Morgan fingerprint density at radius 2 is 1.71 bits per heavy atom. The second kappa shape index (κ2) is 7.90. The first-order chi connectivity index (χ1) is 13.6. The van der Waals surface area contributed by atoms with Crippen molar-refractivity contribution in [1.82, 2.24) is 14.9 Å². The zero-order valence-corrected chi connectivity index (χ0v) is 15.2. The highest BCUT2D eigenvalue weighted by molar-refractivity contribution is 5.42. The molecule has 1 unspecified atom stereocenters. The maximum absolute atomic E-state index is 13.9. The molecule has 2 heterocycles. The van der Waals surface area contributed by atoms with Crippen LogP contribution in [-0.4, -0.2) is 46.2 Å². The molecule has 0 spiro atoms. The van der Waals surface area contributed by atoms with Crippen LogP contribution in [0.3, 0.4) is 0 Å². The van der Waals surface area contributed by atoms with Gasteiger partial charge in [-0.2, -0.15) is 0 Å². The number of nitrogens with zero attached hydrogens (tertiary/aromatic N) is 4. The summed E-state index contributed by atoms with van der Waals surface area (Å²) in [5.74, 6) is -0.828. The highest BCUT2D eigenvalue weighted by Gasteiger charge is 2.29. The van der Waals surface area contributed by atoms with E-state index in [2.05, 4.69) is 19.8 Å². The molecule has 1 fully saturated rings. The summed E-state index contributed by atoms with van der Waals surface area (Å²) in [7, 11) is 0. The van der Waals surface area contributed by atoms with Gasteiger partial charge in [0.1, 0.15) is 11.6 Å². The molecule has 4 rings (SSSR count). The Labute approximate surface area is 161 Å². The predicted molar refractivity (Wildman–Crippen MR) is 102 cm³/mol. The average molecular weight is 382 g/mol. The van der Waals surface area contributed by atoms with Crippen LogP contribution in [0.4, 0.5) is 14.6 Å². The van der Waals surface area contributed by atoms with Crippen LogP contribution in [0, 0.1) is 11.6 Å². The lowest BCUT2D eigenvalue weighted by molar-refractivity contribution is 0.208. The van der Waals surface area contributed by atoms with Gasteiger partial charge in [0.25, 0.3) is 0 Å². The van der Waals surface area contributed by atoms with Crippen LogP contribution in [0.25, 0.3) is 0 Å². The van der Waals surface area contributed by atoms with Crippen molar-refractivity contribution in [2.24, 2.45) is 0 Å². The third kappa shape index (κ3) is 3.66. The van der Waals surface area contributed by atoms with Crippen molar-refractivity contribution in [3.63, 3.8) is 0 Å². The average Bonchev–Trinajstić information content (AvgIpc) is 2.73. The van der Waals surface area contributed by atoms with E-state index in [4.69, 9.17) is 0 Å². The normalized spacial score (nSPS) is 16.1. The number of rotatable bonds is 4. The summed E-state index contributed by atoms with van der Waals surface area (Å²) in [6, 6.07) is 10.5. The lowest BCUT2D eigenvalue weighted by Gasteiger charge is -2.40. The van der Waals surface area contributed by atoms with Gasteiger partial charge in [0.2, 0.25) is 0 Å². The van der Waals surface area contributed by atoms with E-state index >= 15 is 0 Å². The number of phenols is 1. The number of aromatic nitrogens is 2. The van der Waals surface area contributed by atoms with Crippen molar-refractivity contribution in [2.45, 2.75) is 6.04 Å². The van der Waals surface area contributed by atoms with Crippen molar-refractivity contribution in [3.05, 3.63) is 83.8 Å². The van der Waals surface area contributed by atoms with E-state index in [1.54, 1.807) is 36.8 Å². The number of hydrogen-bond donors (Lipinski definition) is 1. The third-order valence-electron chi connectivity index (χ3n) is 5.04. The molecule has 28 heavy (non-hydrogen) atoms. The third-order valence-corrected chi connectivity index (χ3v) is 5.04. The molecule has 2 aromatic carbocycles. The van der Waals surface area contributed by atoms with Crippen molar-refractivity contribution >= 4 is 5.82 Å². The van der Waals surface area contributed by atoms with E-state index in [0.717, 1.165) is 11.9 Å². The minimum atomic E-state index is -0.892. The Morgan fingerprint density at radius 3 is 2.39 bits per heavy atom. The van der Waals surface area contributed by atoms with Gasteiger partial charge >= 0.3 is 0 Å². The van der Waals surface area contributed by atoms with E-state index in [9.17, 15) is 13.9 Å². The lowest BCUT2D eigenvalue weighted by Crippen LogP contribution is -2.48. The summed E-state index contributed by atoms with van der Waals surface area (Å²) in [5.41, 5.74) is 1.27. The standard InChI is InChI=1S/C21H20F2N4O/c22-17-6-5-15(13-18(17)23)21(16-3-1-2-4-19(16)28)27-11-9-26(10-12-27)20-14-24-7-8-25-20/h1-8,13-14,21,28H,9-12H2. The zero-order chi connectivity index (χ0) is 19.5. The Bertz CT molecular complexity index is 946. The largest absolute Gasteiger partial charge is 0.508 e. The number of piperazine rings is 1. The first kappa shape index (κ1) is 18.3. The molecule has 1 aliphatic rings. The molecule has 0 saturated carbocycles. The molecule has 5 nitrogen and oxygen atoms in total. The molecule has 1 saturated heterocycles. The van der Waals surface area contributed by atoms with Crippen molar-refractivity contribution in [3.8, 4) is 5.75 Å². The van der Waals surface area contributed by atoms with Crippen LogP contribution in [0.15, 0.2) is 61.1 Å². The van der Waals surface area contributed by atoms with Crippen LogP contribution in [0.1, 0.15) is 17.2 Å². The van der Waals surface area contributed by atoms with Crippen LogP contribution in [0.2, 0.25) is 0 Å². The number of benzene rings is 2. The lowest BCUT2D eigenvalue weighted by atomic mass is 9.95. The molecule has 1 aliphatic heterocycles. The minimum Gasteiger partial charge on any atom is -0.508 e. The number of para-hydroxylation sites is 1. The second-order valence-corrected chi connectivity index (χ2v) is 6.72. The number of halogens is 2. The number of hydrogen-bond acceptors (Lipinski definition) is 5. The molecular formula is C21H20F2N4O. The maximum atomic E-state index is 13.9. The molecule has 144 valence electrons. The molecule has 1 N–H and O–H groups in total. The Kier molecular flexibility index (Phi) is 5.16. The summed E-state index contributed by atoms with van der Waals surface area (Å²) in [5, 5.41) is 10.4. The summed E-state index contributed by atoms with van der Waals surface area (Å²) in [6.45, 7) is 2.78. The Balaban J connectivity index is 1.63. The highest BCUT2D eigenvalue weighted by atomic mass is 19.2. The fourth-order valence-corrected chi connectivity index (χ4v) is 3.65. The second-order valence-electron chi connectivity index (χ2n) is 6.72. The van der Waals surface area contributed by atoms with Gasteiger partial charge in [0, 0.05) is 44.1 Å². The van der Waals surface area contributed by atoms with Crippen LogP contribution >= 0.6 is 0 Å². The van der Waals surface area contributed by atoms with Crippen molar-refractivity contribution in [1.29, 1.82) is 0 Å². The van der Waals surface area contributed by atoms with E-state index in [1.165, 1.54) is 6.07 Å². The van der Waals surface area contributed by atoms with Crippen LogP contribution in [0.5, 0.6) is 5.75 Å². The molecule has 0 amide bonds. The van der Waals surface area contributed by atoms with Crippen molar-refractivity contribution in [2.75, 3.05) is 31.1 Å². The maximum Gasteiger partial charge on any atom is 0.159 e. The molecular weight excluding hydrogens is 362 g/mol. The summed E-state index contributed by atoms with van der Waals surface area (Å²) in [6.07, 6.45) is 5.02. The zero-order valence-electron chi connectivity index (χ0n) is 15.2. The summed E-state index contributed by atoms with van der Waals surface area (Å²) < 4.78 is 27.4. The first-order valence-corrected chi connectivity index (χ1v) is 9.11. The van der Waals surface area contributed by atoms with Gasteiger partial charge in [0.15, 0.2) is 11.6 Å². The fraction of sp³-hybridized carbons (Fsp3) is 0.238. The van der Waals surface area contributed by atoms with Gasteiger partial charge in [-0.15, -0.1) is 0 Å². The molecule has 1 atom stereocenters. The summed E-state index contributed by atoms with van der Waals surface area (Å²) in [4.78, 5) is 12.7. The monoisotopic (exact) mass is 382 g/mol. The Hall–Kier alpha value is -3.06. The molecule has 0 bridgehead atoms. The smallest absolute Gasteiger partial charge is 0.159 e. The molecule has 0 radical (unpaired) electrons. The number of aromatic hydroxyl groups is 1. The quantitative estimate of drug-likeness (QED) is 0.750.